The summed E-state index contributed by atoms with van der Waals surface area (Å²) in [7, 11) is 0. The molecule has 27 heavy (non-hydrogen) atoms. The summed E-state index contributed by atoms with van der Waals surface area (Å²) in [6.45, 7) is 4.24. The van der Waals surface area contributed by atoms with Crippen LogP contribution in [0.25, 0.3) is 0 Å². The Kier molecular flexibility index (Phi) is 6.59. The molecule has 1 unspecified atom stereocenters. The lowest BCUT2D eigenvalue weighted by atomic mass is 9.87. The minimum absolute atomic E-state index is 0.0738. The summed E-state index contributed by atoms with van der Waals surface area (Å²) in [5.74, 6) is 0.539. The molecule has 0 heterocycles. The van der Waals surface area contributed by atoms with Crippen LogP contribution in [0.5, 0.6) is 0 Å². The van der Waals surface area contributed by atoms with E-state index in [0.717, 1.165) is 17.6 Å². The molecule has 0 saturated carbocycles. The summed E-state index contributed by atoms with van der Waals surface area (Å²) in [5.41, 5.74) is 3.12. The van der Waals surface area contributed by atoms with E-state index in [1.54, 1.807) is 0 Å². The van der Waals surface area contributed by atoms with Crippen LogP contribution in [0.3, 0.4) is 0 Å². The molecular weight excluding hydrogens is 332 g/mol. The van der Waals surface area contributed by atoms with Crippen molar-refractivity contribution in [1.82, 2.24) is 0 Å². The summed E-state index contributed by atoms with van der Waals surface area (Å²) in [6, 6.07) is 19.9. The Labute approximate surface area is 161 Å². The van der Waals surface area contributed by atoms with Crippen LogP contribution in [0, 0.1) is 0 Å². The molecule has 0 N–H and O–H groups in total. The van der Waals surface area contributed by atoms with Crippen molar-refractivity contribution < 1.29 is 9.53 Å². The fourth-order valence-corrected chi connectivity index (χ4v) is 3.11. The lowest BCUT2D eigenvalue weighted by molar-refractivity contribution is -0.139. The first-order chi connectivity index (χ1) is 13.2. The van der Waals surface area contributed by atoms with Crippen molar-refractivity contribution >= 4 is 5.97 Å². The molecule has 0 aliphatic heterocycles. The van der Waals surface area contributed by atoms with Crippen molar-refractivity contribution in [3.05, 3.63) is 120 Å². The molecule has 0 bridgehead atoms. The van der Waals surface area contributed by atoms with Gasteiger partial charge in [-0.25, -0.2) is 0 Å². The molecule has 2 nitrogen and oxygen atoms in total. The first-order valence-electron chi connectivity index (χ1n) is 9.23. The molecule has 136 valence electrons. The second-order valence-electron chi connectivity index (χ2n) is 6.57. The number of allylic oxidation sites excluding steroid dienone is 7. The number of benzene rings is 2. The predicted molar refractivity (Wildman–Crippen MR) is 110 cm³/mol. The maximum absolute atomic E-state index is 12.4. The molecule has 0 fully saturated rings. The summed E-state index contributed by atoms with van der Waals surface area (Å²) >= 11 is 0. The van der Waals surface area contributed by atoms with E-state index in [0.29, 0.717) is 12.2 Å². The Morgan fingerprint density at radius 1 is 1.00 bits per heavy atom. The molecule has 0 aromatic heterocycles. The molecule has 2 aromatic rings. The van der Waals surface area contributed by atoms with Gasteiger partial charge in [-0.3, -0.25) is 4.79 Å². The van der Waals surface area contributed by atoms with Crippen molar-refractivity contribution in [2.45, 2.75) is 25.2 Å². The maximum atomic E-state index is 12.4. The molecule has 0 radical (unpaired) electrons. The zero-order chi connectivity index (χ0) is 18.9. The largest absolute Gasteiger partial charge is 0.431 e. The van der Waals surface area contributed by atoms with Crippen LogP contribution in [-0.4, -0.2) is 5.97 Å². The highest BCUT2D eigenvalue weighted by Gasteiger charge is 2.18. The number of carbonyl (C=O) groups is 1. The molecule has 0 saturated heterocycles. The van der Waals surface area contributed by atoms with Gasteiger partial charge in [-0.2, -0.15) is 0 Å². The molecule has 2 aromatic carbocycles. The van der Waals surface area contributed by atoms with E-state index in [-0.39, 0.29) is 18.3 Å². The lowest BCUT2D eigenvalue weighted by Crippen LogP contribution is -2.11. The monoisotopic (exact) mass is 356 g/mol. The third-order valence-electron chi connectivity index (χ3n) is 4.53. The molecule has 0 spiro atoms. The third kappa shape index (κ3) is 5.68. The first kappa shape index (κ1) is 18.7. The number of hydrogen-bond acceptors (Lipinski definition) is 2. The quantitative estimate of drug-likeness (QED) is 0.637. The van der Waals surface area contributed by atoms with Crippen LogP contribution >= 0.6 is 0 Å². The van der Waals surface area contributed by atoms with Gasteiger partial charge in [0.25, 0.3) is 0 Å². The van der Waals surface area contributed by atoms with Crippen molar-refractivity contribution in [2.24, 2.45) is 0 Å². The van der Waals surface area contributed by atoms with E-state index in [1.807, 2.05) is 78.9 Å². The Morgan fingerprint density at radius 2 is 1.70 bits per heavy atom. The first-order valence-corrected chi connectivity index (χ1v) is 9.23. The number of esters is 1. The Balaban J connectivity index is 1.78. The van der Waals surface area contributed by atoms with E-state index < -0.39 is 0 Å². The van der Waals surface area contributed by atoms with Crippen LogP contribution in [0.2, 0.25) is 0 Å². The van der Waals surface area contributed by atoms with Crippen molar-refractivity contribution in [2.75, 3.05) is 0 Å². The molecule has 1 atom stereocenters. The summed E-state index contributed by atoms with van der Waals surface area (Å²) in [5, 5.41) is 0. The highest BCUT2D eigenvalue weighted by molar-refractivity contribution is 5.73. The van der Waals surface area contributed by atoms with Gasteiger partial charge in [0.1, 0.15) is 5.76 Å². The van der Waals surface area contributed by atoms with E-state index in [2.05, 4.69) is 18.7 Å². The van der Waals surface area contributed by atoms with E-state index >= 15 is 0 Å². The van der Waals surface area contributed by atoms with Crippen LogP contribution in [-0.2, 0) is 16.0 Å². The second kappa shape index (κ2) is 9.54. The fourth-order valence-electron chi connectivity index (χ4n) is 3.11. The smallest absolute Gasteiger partial charge is 0.315 e. The third-order valence-corrected chi connectivity index (χ3v) is 4.53. The maximum Gasteiger partial charge on any atom is 0.315 e. The molecular formula is C25H24O2. The number of rotatable bonds is 4. The van der Waals surface area contributed by atoms with Gasteiger partial charge in [-0.05, 0) is 29.2 Å². The molecule has 2 heteroatoms. The van der Waals surface area contributed by atoms with Gasteiger partial charge >= 0.3 is 5.97 Å². The van der Waals surface area contributed by atoms with Crippen LogP contribution in [0.15, 0.2) is 109 Å². The zero-order valence-corrected chi connectivity index (χ0v) is 15.4. The van der Waals surface area contributed by atoms with Gasteiger partial charge < -0.3 is 4.74 Å². The molecule has 3 rings (SSSR count). The Bertz CT molecular complexity index is 858. The van der Waals surface area contributed by atoms with Crippen LogP contribution < -0.4 is 0 Å². The van der Waals surface area contributed by atoms with Gasteiger partial charge in [0.05, 0.1) is 6.42 Å². The number of ether oxygens (including phenoxy) is 1. The average molecular weight is 356 g/mol. The fraction of sp³-hybridized carbons (Fsp3) is 0.160. The normalized spacial score (nSPS) is 21.6. The Hall–Kier alpha value is -3.13. The van der Waals surface area contributed by atoms with E-state index in [4.69, 9.17) is 4.74 Å². The standard InChI is InChI=1S/C25H24O2/c1-20-12-6-2-3-11-17-23(19-24(20)22-15-9-5-10-16-22)27-25(26)18-21-13-7-4-8-14-21/h2-10,12-17,24H,1,11,18-19H2/b3-2-,12-6-,23-17+. The van der Waals surface area contributed by atoms with Crippen molar-refractivity contribution in [3.8, 4) is 0 Å². The van der Waals surface area contributed by atoms with E-state index in [1.165, 1.54) is 5.56 Å². The van der Waals surface area contributed by atoms with Gasteiger partial charge in [-0.1, -0.05) is 91.5 Å². The summed E-state index contributed by atoms with van der Waals surface area (Å²) < 4.78 is 5.75. The van der Waals surface area contributed by atoms with Crippen molar-refractivity contribution in [1.29, 1.82) is 0 Å². The highest BCUT2D eigenvalue weighted by Crippen LogP contribution is 2.32. The zero-order valence-electron chi connectivity index (χ0n) is 15.4. The lowest BCUT2D eigenvalue weighted by Gasteiger charge is -2.20. The second-order valence-corrected chi connectivity index (χ2v) is 6.57. The topological polar surface area (TPSA) is 26.3 Å². The van der Waals surface area contributed by atoms with Crippen LogP contribution in [0.1, 0.15) is 29.9 Å². The SMILES string of the molecule is C=C1/C=C\C=C/C/C=C(/OC(=O)Cc2ccccc2)CC1c1ccccc1. The minimum Gasteiger partial charge on any atom is -0.431 e. The highest BCUT2D eigenvalue weighted by atomic mass is 16.5. The van der Waals surface area contributed by atoms with Crippen molar-refractivity contribution in [3.63, 3.8) is 0 Å². The average Bonchev–Trinajstić information content (AvgIpc) is 2.69. The summed E-state index contributed by atoms with van der Waals surface area (Å²) in [4.78, 5) is 12.4. The van der Waals surface area contributed by atoms with Crippen LogP contribution in [0.4, 0.5) is 0 Å². The molecule has 1 aliphatic carbocycles. The van der Waals surface area contributed by atoms with Gasteiger partial charge in [-0.15, -0.1) is 0 Å². The Morgan fingerprint density at radius 3 is 2.44 bits per heavy atom. The van der Waals surface area contributed by atoms with Gasteiger partial charge in [0, 0.05) is 12.3 Å². The molecule has 1 aliphatic rings. The molecule has 0 amide bonds. The number of carbonyl (C=O) groups excluding carboxylic acids is 1. The van der Waals surface area contributed by atoms with Gasteiger partial charge in [0.2, 0.25) is 0 Å². The van der Waals surface area contributed by atoms with Gasteiger partial charge in [0.15, 0.2) is 0 Å². The minimum atomic E-state index is -0.235. The number of hydrogen-bond donors (Lipinski definition) is 0. The predicted octanol–water partition coefficient (Wildman–Crippen LogP) is 5.90. The van der Waals surface area contributed by atoms with E-state index in [9.17, 15) is 4.79 Å². The summed E-state index contributed by atoms with van der Waals surface area (Å²) in [6.07, 6.45) is 11.7.